The number of hydrogen-bond donors (Lipinski definition) is 1. The SMILES string of the molecule is CN(CCS(C)(=O)=O)S(=O)(=O)CCCC(=O)O. The van der Waals surface area contributed by atoms with Crippen LogP contribution < -0.4 is 0 Å². The summed E-state index contributed by atoms with van der Waals surface area (Å²) in [5.74, 6) is -1.60. The van der Waals surface area contributed by atoms with Gasteiger partial charge in [-0.05, 0) is 6.42 Å². The summed E-state index contributed by atoms with van der Waals surface area (Å²) in [6.45, 7) is -0.117. The van der Waals surface area contributed by atoms with E-state index in [2.05, 4.69) is 0 Å². The molecule has 0 radical (unpaired) electrons. The topological polar surface area (TPSA) is 109 Å². The maximum atomic E-state index is 11.6. The van der Waals surface area contributed by atoms with Crippen molar-refractivity contribution in [1.82, 2.24) is 4.31 Å². The lowest BCUT2D eigenvalue weighted by molar-refractivity contribution is -0.137. The number of hydrogen-bond acceptors (Lipinski definition) is 5. The van der Waals surface area contributed by atoms with Crippen LogP contribution >= 0.6 is 0 Å². The molecule has 0 aromatic carbocycles. The Morgan fingerprint density at radius 3 is 2.12 bits per heavy atom. The Bertz CT molecular complexity index is 452. The molecular formula is C8H17NO6S2. The van der Waals surface area contributed by atoms with Crippen LogP contribution in [0.15, 0.2) is 0 Å². The quantitative estimate of drug-likeness (QED) is 0.623. The average molecular weight is 287 g/mol. The number of rotatable bonds is 8. The van der Waals surface area contributed by atoms with Crippen molar-refractivity contribution in [1.29, 1.82) is 0 Å². The van der Waals surface area contributed by atoms with E-state index in [4.69, 9.17) is 5.11 Å². The number of nitrogens with zero attached hydrogens (tertiary/aromatic N) is 1. The third kappa shape index (κ3) is 8.11. The predicted molar refractivity (Wildman–Crippen MR) is 63.0 cm³/mol. The van der Waals surface area contributed by atoms with Crippen molar-refractivity contribution in [3.8, 4) is 0 Å². The van der Waals surface area contributed by atoms with Gasteiger partial charge in [0.15, 0.2) is 0 Å². The molecule has 0 atom stereocenters. The zero-order valence-corrected chi connectivity index (χ0v) is 11.4. The summed E-state index contributed by atoms with van der Waals surface area (Å²) < 4.78 is 45.8. The van der Waals surface area contributed by atoms with Gasteiger partial charge >= 0.3 is 5.97 Å². The van der Waals surface area contributed by atoms with Gasteiger partial charge in [-0.3, -0.25) is 4.79 Å². The van der Waals surface area contributed by atoms with Crippen molar-refractivity contribution in [3.63, 3.8) is 0 Å². The van der Waals surface area contributed by atoms with Crippen LogP contribution in [0.1, 0.15) is 12.8 Å². The lowest BCUT2D eigenvalue weighted by Crippen LogP contribution is -2.33. The lowest BCUT2D eigenvalue weighted by atomic mass is 10.3. The molecule has 17 heavy (non-hydrogen) atoms. The smallest absolute Gasteiger partial charge is 0.303 e. The van der Waals surface area contributed by atoms with Gasteiger partial charge in [0.05, 0.1) is 11.5 Å². The minimum Gasteiger partial charge on any atom is -0.481 e. The Hall–Kier alpha value is -0.670. The van der Waals surface area contributed by atoms with Crippen molar-refractivity contribution < 1.29 is 26.7 Å². The van der Waals surface area contributed by atoms with Gasteiger partial charge in [-0.1, -0.05) is 0 Å². The summed E-state index contributed by atoms with van der Waals surface area (Å²) in [5.41, 5.74) is 0. The number of carboxylic acids is 1. The number of carbonyl (C=O) groups is 1. The van der Waals surface area contributed by atoms with Gasteiger partial charge in [0, 0.05) is 26.3 Å². The molecule has 0 rings (SSSR count). The molecule has 102 valence electrons. The molecule has 0 aliphatic carbocycles. The molecule has 0 fully saturated rings. The fourth-order valence-corrected chi connectivity index (χ4v) is 2.91. The van der Waals surface area contributed by atoms with E-state index in [-0.39, 0.29) is 30.9 Å². The summed E-state index contributed by atoms with van der Waals surface area (Å²) in [4.78, 5) is 10.2. The van der Waals surface area contributed by atoms with E-state index in [1.54, 1.807) is 0 Å². The first-order valence-electron chi connectivity index (χ1n) is 4.88. The van der Waals surface area contributed by atoms with Gasteiger partial charge in [-0.25, -0.2) is 21.1 Å². The van der Waals surface area contributed by atoms with Gasteiger partial charge < -0.3 is 5.11 Å². The van der Waals surface area contributed by atoms with Crippen molar-refractivity contribution in [3.05, 3.63) is 0 Å². The van der Waals surface area contributed by atoms with Crippen LogP contribution in [0.3, 0.4) is 0 Å². The Morgan fingerprint density at radius 2 is 1.71 bits per heavy atom. The molecule has 0 aliphatic rings. The van der Waals surface area contributed by atoms with Crippen molar-refractivity contribution in [2.24, 2.45) is 0 Å². The van der Waals surface area contributed by atoms with E-state index in [1.807, 2.05) is 0 Å². The molecule has 0 spiro atoms. The van der Waals surface area contributed by atoms with Crippen molar-refractivity contribution >= 4 is 25.8 Å². The zero-order valence-electron chi connectivity index (χ0n) is 9.79. The Morgan fingerprint density at radius 1 is 1.18 bits per heavy atom. The zero-order chi connectivity index (χ0) is 13.7. The molecular weight excluding hydrogens is 270 g/mol. The maximum absolute atomic E-state index is 11.6. The molecule has 0 amide bonds. The molecule has 9 heteroatoms. The fourth-order valence-electron chi connectivity index (χ4n) is 0.995. The van der Waals surface area contributed by atoms with E-state index < -0.39 is 25.8 Å². The molecule has 0 aromatic rings. The van der Waals surface area contributed by atoms with Crippen LogP contribution in [-0.4, -0.2) is 63.6 Å². The van der Waals surface area contributed by atoms with Crippen LogP contribution in [0, 0.1) is 0 Å². The molecule has 0 saturated heterocycles. The summed E-state index contributed by atoms with van der Waals surface area (Å²) >= 11 is 0. The standard InChI is InChI=1S/C8H17NO6S2/c1-9(5-7-16(2,12)13)17(14,15)6-3-4-8(10)11/h3-7H2,1-2H3,(H,10,11). The first kappa shape index (κ1) is 16.3. The van der Waals surface area contributed by atoms with Crippen LogP contribution in [0.25, 0.3) is 0 Å². The molecule has 0 bridgehead atoms. The summed E-state index contributed by atoms with van der Waals surface area (Å²) in [6.07, 6.45) is 0.817. The number of sulfonamides is 1. The van der Waals surface area contributed by atoms with Gasteiger partial charge in [0.1, 0.15) is 9.84 Å². The number of carboxylic acid groups (broad SMARTS) is 1. The first-order chi connectivity index (χ1) is 7.54. The second-order valence-electron chi connectivity index (χ2n) is 3.76. The van der Waals surface area contributed by atoms with Gasteiger partial charge in [0.25, 0.3) is 0 Å². The minimum absolute atomic E-state index is 0.0148. The van der Waals surface area contributed by atoms with Gasteiger partial charge in [0.2, 0.25) is 10.0 Å². The lowest BCUT2D eigenvalue weighted by Gasteiger charge is -2.16. The molecule has 0 aliphatic heterocycles. The maximum Gasteiger partial charge on any atom is 0.303 e. The van der Waals surface area contributed by atoms with Gasteiger partial charge in [-0.2, -0.15) is 0 Å². The van der Waals surface area contributed by atoms with Gasteiger partial charge in [-0.15, -0.1) is 0 Å². The Labute approximate surface area is 101 Å². The van der Waals surface area contributed by atoms with Crippen LogP contribution in [0.5, 0.6) is 0 Å². The fraction of sp³-hybridized carbons (Fsp3) is 0.875. The molecule has 0 heterocycles. The highest BCUT2D eigenvalue weighted by molar-refractivity contribution is 7.91. The van der Waals surface area contributed by atoms with E-state index in [0.717, 1.165) is 10.6 Å². The Kier molecular flexibility index (Phi) is 6.06. The first-order valence-corrected chi connectivity index (χ1v) is 8.55. The average Bonchev–Trinajstić information content (AvgIpc) is 2.11. The second kappa shape index (κ2) is 6.31. The second-order valence-corrected chi connectivity index (χ2v) is 8.22. The molecule has 0 aromatic heterocycles. The number of sulfone groups is 1. The third-order valence-corrected chi connectivity index (χ3v) is 4.91. The Balaban J connectivity index is 4.26. The highest BCUT2D eigenvalue weighted by atomic mass is 32.2. The van der Waals surface area contributed by atoms with Crippen LogP contribution in [0.2, 0.25) is 0 Å². The van der Waals surface area contributed by atoms with Crippen LogP contribution in [-0.2, 0) is 24.7 Å². The van der Waals surface area contributed by atoms with Crippen molar-refractivity contribution in [2.75, 3.05) is 31.4 Å². The predicted octanol–water partition coefficient (Wildman–Crippen LogP) is -0.843. The molecule has 0 unspecified atom stereocenters. The van der Waals surface area contributed by atoms with E-state index in [9.17, 15) is 21.6 Å². The normalized spacial score (nSPS) is 12.9. The van der Waals surface area contributed by atoms with E-state index in [0.29, 0.717) is 0 Å². The number of aliphatic carboxylic acids is 1. The largest absolute Gasteiger partial charge is 0.481 e. The third-order valence-electron chi connectivity index (χ3n) is 2.04. The van der Waals surface area contributed by atoms with E-state index in [1.165, 1.54) is 7.05 Å². The highest BCUT2D eigenvalue weighted by Gasteiger charge is 2.19. The van der Waals surface area contributed by atoms with E-state index >= 15 is 0 Å². The molecule has 1 N–H and O–H groups in total. The van der Waals surface area contributed by atoms with Crippen molar-refractivity contribution in [2.45, 2.75) is 12.8 Å². The summed E-state index contributed by atoms with van der Waals surface area (Å²) in [6, 6.07) is 0. The monoisotopic (exact) mass is 287 g/mol. The summed E-state index contributed by atoms with van der Waals surface area (Å²) in [5, 5.41) is 8.37. The van der Waals surface area contributed by atoms with Crippen LogP contribution in [0.4, 0.5) is 0 Å². The summed E-state index contributed by atoms with van der Waals surface area (Å²) in [7, 11) is -5.51. The minimum atomic E-state index is -3.57. The highest BCUT2D eigenvalue weighted by Crippen LogP contribution is 2.03. The molecule has 7 nitrogen and oxygen atoms in total. The molecule has 0 saturated carbocycles.